The molecule has 1 heterocycles. The fourth-order valence-corrected chi connectivity index (χ4v) is 1.23. The number of hydrogen-bond acceptors (Lipinski definition) is 1. The zero-order valence-electron chi connectivity index (χ0n) is 6.22. The second kappa shape index (κ2) is 4.07. The van der Waals surface area contributed by atoms with E-state index in [2.05, 4.69) is 27.8 Å². The number of hydrogen-bond donors (Lipinski definition) is 0. The summed E-state index contributed by atoms with van der Waals surface area (Å²) in [5.41, 5.74) is 1.00. The molecule has 3 heteroatoms. The quantitative estimate of drug-likeness (QED) is 0.563. The average molecular weight is 235 g/mol. The minimum absolute atomic E-state index is 0.321. The monoisotopic (exact) mass is 233 g/mol. The molecule has 60 valence electrons. The van der Waals surface area contributed by atoms with Crippen LogP contribution in [-0.2, 0) is 0 Å². The highest BCUT2D eigenvalue weighted by Crippen LogP contribution is 2.24. The molecule has 0 radical (unpaired) electrons. The van der Waals surface area contributed by atoms with E-state index in [0.717, 1.165) is 12.1 Å². The van der Waals surface area contributed by atoms with E-state index in [1.165, 1.54) is 0 Å². The Balaban J connectivity index is 2.86. The van der Waals surface area contributed by atoms with E-state index in [1.807, 2.05) is 12.1 Å². The highest BCUT2D eigenvalue weighted by atomic mass is 79.9. The van der Waals surface area contributed by atoms with Crippen molar-refractivity contribution in [1.29, 1.82) is 0 Å². The van der Waals surface area contributed by atoms with Crippen molar-refractivity contribution in [3.05, 3.63) is 29.0 Å². The van der Waals surface area contributed by atoms with Crippen LogP contribution in [-0.4, -0.2) is 4.98 Å². The second-order valence-corrected chi connectivity index (χ2v) is 3.75. The largest absolute Gasteiger partial charge is 0.240 e. The first-order valence-electron chi connectivity index (χ1n) is 3.50. The van der Waals surface area contributed by atoms with Gasteiger partial charge in [-0.25, -0.2) is 4.98 Å². The Kier molecular flexibility index (Phi) is 3.34. The first-order chi connectivity index (χ1) is 5.24. The number of alkyl halides is 1. The predicted octanol–water partition coefficient (Wildman–Crippen LogP) is 3.58. The molecular weight excluding hydrogens is 225 g/mol. The van der Waals surface area contributed by atoms with Crippen LogP contribution in [0, 0.1) is 0 Å². The zero-order valence-corrected chi connectivity index (χ0v) is 8.56. The molecule has 0 aromatic carbocycles. The van der Waals surface area contributed by atoms with Gasteiger partial charge in [-0.05, 0) is 18.6 Å². The Morgan fingerprint density at radius 3 is 2.91 bits per heavy atom. The molecule has 0 N–H and O–H groups in total. The molecule has 1 nitrogen and oxygen atoms in total. The van der Waals surface area contributed by atoms with Crippen LogP contribution >= 0.6 is 27.5 Å². The molecule has 1 aromatic rings. The summed E-state index contributed by atoms with van der Waals surface area (Å²) in [6.07, 6.45) is 1.02. The van der Waals surface area contributed by atoms with Gasteiger partial charge in [-0.3, -0.25) is 0 Å². The van der Waals surface area contributed by atoms with Crippen molar-refractivity contribution in [1.82, 2.24) is 4.98 Å². The fraction of sp³-hybridized carbons (Fsp3) is 0.375. The van der Waals surface area contributed by atoms with E-state index in [4.69, 9.17) is 11.6 Å². The lowest BCUT2D eigenvalue weighted by molar-refractivity contribution is 0.873. The lowest BCUT2D eigenvalue weighted by atomic mass is 10.2. The van der Waals surface area contributed by atoms with Crippen molar-refractivity contribution in [2.45, 2.75) is 18.2 Å². The van der Waals surface area contributed by atoms with E-state index < -0.39 is 0 Å². The molecule has 0 aliphatic carbocycles. The molecule has 0 bridgehead atoms. The predicted molar refractivity (Wildman–Crippen MR) is 51.2 cm³/mol. The van der Waals surface area contributed by atoms with Gasteiger partial charge in [-0.1, -0.05) is 40.5 Å². The van der Waals surface area contributed by atoms with Crippen molar-refractivity contribution in [3.63, 3.8) is 0 Å². The van der Waals surface area contributed by atoms with Gasteiger partial charge in [0.05, 0.1) is 10.5 Å². The van der Waals surface area contributed by atoms with E-state index in [9.17, 15) is 0 Å². The second-order valence-electron chi connectivity index (χ2n) is 2.26. The number of halogens is 2. The molecule has 1 aromatic heterocycles. The van der Waals surface area contributed by atoms with Crippen molar-refractivity contribution in [2.24, 2.45) is 0 Å². The van der Waals surface area contributed by atoms with Crippen LogP contribution < -0.4 is 0 Å². The minimum Gasteiger partial charge on any atom is -0.240 e. The van der Waals surface area contributed by atoms with E-state index in [1.54, 1.807) is 6.07 Å². The van der Waals surface area contributed by atoms with Crippen molar-refractivity contribution >= 4 is 27.5 Å². The van der Waals surface area contributed by atoms with Crippen LogP contribution in [0.15, 0.2) is 18.2 Å². The third-order valence-corrected chi connectivity index (χ3v) is 2.74. The minimum atomic E-state index is 0.321. The molecule has 1 atom stereocenters. The van der Waals surface area contributed by atoms with E-state index in [-0.39, 0.29) is 0 Å². The highest BCUT2D eigenvalue weighted by Gasteiger charge is 2.05. The summed E-state index contributed by atoms with van der Waals surface area (Å²) in [7, 11) is 0. The van der Waals surface area contributed by atoms with Gasteiger partial charge >= 0.3 is 0 Å². The number of rotatable bonds is 2. The molecular formula is C8H9BrClN. The van der Waals surface area contributed by atoms with Crippen LogP contribution in [0.2, 0.25) is 5.15 Å². The van der Waals surface area contributed by atoms with E-state index >= 15 is 0 Å². The highest BCUT2D eigenvalue weighted by molar-refractivity contribution is 9.09. The summed E-state index contributed by atoms with van der Waals surface area (Å²) in [6.45, 7) is 2.10. The van der Waals surface area contributed by atoms with Gasteiger partial charge in [0, 0.05) is 0 Å². The van der Waals surface area contributed by atoms with Gasteiger partial charge in [-0.15, -0.1) is 0 Å². The van der Waals surface area contributed by atoms with Gasteiger partial charge in [-0.2, -0.15) is 0 Å². The molecule has 0 saturated carbocycles. The molecule has 1 rings (SSSR count). The van der Waals surface area contributed by atoms with Gasteiger partial charge in [0.25, 0.3) is 0 Å². The maximum absolute atomic E-state index is 5.71. The first kappa shape index (κ1) is 9.01. The van der Waals surface area contributed by atoms with Crippen LogP contribution in [0.25, 0.3) is 0 Å². The standard InChI is InChI=1S/C8H9BrClN/c1-2-6(9)7-4-3-5-8(10)11-7/h3-6H,2H2,1H3/t6-/m0/s1. The summed E-state index contributed by atoms with van der Waals surface area (Å²) in [5.74, 6) is 0. The zero-order chi connectivity index (χ0) is 8.27. The molecule has 0 spiro atoms. The van der Waals surface area contributed by atoms with Crippen LogP contribution in [0.1, 0.15) is 23.9 Å². The van der Waals surface area contributed by atoms with Crippen molar-refractivity contribution in [3.8, 4) is 0 Å². The number of aromatic nitrogens is 1. The Labute approximate surface area is 79.9 Å². The summed E-state index contributed by atoms with van der Waals surface area (Å²) < 4.78 is 0. The van der Waals surface area contributed by atoms with Crippen molar-refractivity contribution in [2.75, 3.05) is 0 Å². The van der Waals surface area contributed by atoms with Crippen molar-refractivity contribution < 1.29 is 0 Å². The van der Waals surface area contributed by atoms with E-state index in [0.29, 0.717) is 9.98 Å². The Morgan fingerprint density at radius 2 is 2.36 bits per heavy atom. The summed E-state index contributed by atoms with van der Waals surface area (Å²) in [5, 5.41) is 0.556. The van der Waals surface area contributed by atoms with Crippen LogP contribution in [0.3, 0.4) is 0 Å². The van der Waals surface area contributed by atoms with Gasteiger partial charge < -0.3 is 0 Å². The molecule has 0 aliphatic rings. The lowest BCUT2D eigenvalue weighted by Gasteiger charge is -2.04. The number of pyridine rings is 1. The van der Waals surface area contributed by atoms with Gasteiger partial charge in [0.2, 0.25) is 0 Å². The maximum Gasteiger partial charge on any atom is 0.129 e. The topological polar surface area (TPSA) is 12.9 Å². The Hall–Kier alpha value is -0.0800. The average Bonchev–Trinajstić information content (AvgIpc) is 2.03. The molecule has 0 amide bonds. The maximum atomic E-state index is 5.71. The normalized spacial score (nSPS) is 13.0. The first-order valence-corrected chi connectivity index (χ1v) is 4.80. The third kappa shape index (κ3) is 2.46. The SMILES string of the molecule is CC[C@H](Br)c1cccc(Cl)n1. The van der Waals surface area contributed by atoms with Gasteiger partial charge in [0.1, 0.15) is 5.15 Å². The number of nitrogens with zero attached hydrogens (tertiary/aromatic N) is 1. The molecule has 0 saturated heterocycles. The van der Waals surface area contributed by atoms with Crippen LogP contribution in [0.4, 0.5) is 0 Å². The smallest absolute Gasteiger partial charge is 0.129 e. The molecule has 0 aliphatic heterocycles. The lowest BCUT2D eigenvalue weighted by Crippen LogP contribution is -1.91. The summed E-state index contributed by atoms with van der Waals surface area (Å²) >= 11 is 9.21. The summed E-state index contributed by atoms with van der Waals surface area (Å²) in [4.78, 5) is 4.48. The summed E-state index contributed by atoms with van der Waals surface area (Å²) in [6, 6.07) is 5.66. The Morgan fingerprint density at radius 1 is 1.64 bits per heavy atom. The van der Waals surface area contributed by atoms with Crippen LogP contribution in [0.5, 0.6) is 0 Å². The molecule has 11 heavy (non-hydrogen) atoms. The Bertz CT molecular complexity index is 239. The molecule has 0 fully saturated rings. The third-order valence-electron chi connectivity index (χ3n) is 1.42. The van der Waals surface area contributed by atoms with Gasteiger partial charge in [0.15, 0.2) is 0 Å². The molecule has 0 unspecified atom stereocenters. The fourth-order valence-electron chi connectivity index (χ4n) is 0.808.